The summed E-state index contributed by atoms with van der Waals surface area (Å²) in [7, 11) is 5.31. The molecule has 0 heterocycles. The van der Waals surface area contributed by atoms with Crippen LogP contribution in [0.3, 0.4) is 0 Å². The minimum Gasteiger partial charge on any atom is -0.389 e. The molecule has 0 aliphatic carbocycles. The van der Waals surface area contributed by atoms with E-state index in [4.69, 9.17) is 4.74 Å². The molecule has 2 N–H and O–H groups in total. The van der Waals surface area contributed by atoms with Crippen LogP contribution in [0.2, 0.25) is 0 Å². The van der Waals surface area contributed by atoms with Gasteiger partial charge in [-0.15, -0.1) is 0 Å². The number of ether oxygens (including phenoxy) is 1. The van der Waals surface area contributed by atoms with Crippen molar-refractivity contribution in [1.29, 1.82) is 0 Å². The van der Waals surface area contributed by atoms with Crippen molar-refractivity contribution < 1.29 is 14.2 Å². The molecule has 0 aliphatic rings. The molecule has 0 saturated heterocycles. The van der Waals surface area contributed by atoms with Crippen LogP contribution in [0.25, 0.3) is 0 Å². The standard InChI is InChI=1S/C14H23FN2O2/c1-10(16-8-12(18)9-19-4)13-6-5-11(15)7-14(13)17(2)3/h5-7,10,12,16,18H,8-9H2,1-4H3. The zero-order valence-electron chi connectivity index (χ0n) is 12.0. The third kappa shape index (κ3) is 4.78. The van der Waals surface area contributed by atoms with Crippen LogP contribution in [-0.2, 0) is 4.74 Å². The third-order valence-electron chi connectivity index (χ3n) is 2.96. The van der Waals surface area contributed by atoms with E-state index in [2.05, 4.69) is 5.32 Å². The van der Waals surface area contributed by atoms with Gasteiger partial charge in [-0.25, -0.2) is 4.39 Å². The van der Waals surface area contributed by atoms with Gasteiger partial charge < -0.3 is 20.1 Å². The van der Waals surface area contributed by atoms with Crippen LogP contribution in [0.15, 0.2) is 18.2 Å². The molecular formula is C14H23FN2O2. The molecule has 0 aliphatic heterocycles. The fourth-order valence-electron chi connectivity index (χ4n) is 1.94. The Labute approximate surface area is 114 Å². The molecule has 0 amide bonds. The van der Waals surface area contributed by atoms with Crippen LogP contribution in [-0.4, -0.2) is 45.6 Å². The molecule has 0 bridgehead atoms. The summed E-state index contributed by atoms with van der Waals surface area (Å²) >= 11 is 0. The molecule has 4 nitrogen and oxygen atoms in total. The molecule has 1 aromatic rings. The van der Waals surface area contributed by atoms with E-state index >= 15 is 0 Å². The van der Waals surface area contributed by atoms with Crippen LogP contribution < -0.4 is 10.2 Å². The number of halogens is 1. The molecule has 2 atom stereocenters. The second-order valence-corrected chi connectivity index (χ2v) is 4.84. The number of hydrogen-bond acceptors (Lipinski definition) is 4. The van der Waals surface area contributed by atoms with Crippen LogP contribution in [0.5, 0.6) is 0 Å². The van der Waals surface area contributed by atoms with Gasteiger partial charge in [-0.1, -0.05) is 6.07 Å². The van der Waals surface area contributed by atoms with Crippen LogP contribution >= 0.6 is 0 Å². The molecule has 0 spiro atoms. The van der Waals surface area contributed by atoms with E-state index in [1.807, 2.05) is 25.9 Å². The number of nitrogens with zero attached hydrogens (tertiary/aromatic N) is 1. The minimum atomic E-state index is -0.546. The maximum absolute atomic E-state index is 13.3. The van der Waals surface area contributed by atoms with Crippen molar-refractivity contribution in [3.63, 3.8) is 0 Å². The fourth-order valence-corrected chi connectivity index (χ4v) is 1.94. The Kier molecular flexibility index (Phi) is 6.21. The Morgan fingerprint density at radius 1 is 1.42 bits per heavy atom. The molecule has 0 fully saturated rings. The number of hydrogen-bond donors (Lipinski definition) is 2. The van der Waals surface area contributed by atoms with Crippen LogP contribution in [0.1, 0.15) is 18.5 Å². The first kappa shape index (κ1) is 15.9. The molecule has 19 heavy (non-hydrogen) atoms. The summed E-state index contributed by atoms with van der Waals surface area (Å²) in [6.45, 7) is 2.71. The van der Waals surface area contributed by atoms with Gasteiger partial charge in [-0.05, 0) is 24.6 Å². The predicted molar refractivity (Wildman–Crippen MR) is 75.0 cm³/mol. The number of rotatable bonds is 7. The molecule has 1 aromatic carbocycles. The fraction of sp³-hybridized carbons (Fsp3) is 0.571. The Hall–Kier alpha value is -1.17. The Morgan fingerprint density at radius 2 is 2.11 bits per heavy atom. The van der Waals surface area contributed by atoms with Gasteiger partial charge >= 0.3 is 0 Å². The first-order valence-electron chi connectivity index (χ1n) is 6.32. The smallest absolute Gasteiger partial charge is 0.125 e. The molecule has 5 heteroatoms. The van der Waals surface area contributed by atoms with Crippen molar-refractivity contribution >= 4 is 5.69 Å². The normalized spacial score (nSPS) is 14.2. The summed E-state index contributed by atoms with van der Waals surface area (Å²) in [5.74, 6) is -0.251. The topological polar surface area (TPSA) is 44.7 Å². The zero-order chi connectivity index (χ0) is 14.4. The SMILES string of the molecule is COCC(O)CNC(C)c1ccc(F)cc1N(C)C. The van der Waals surface area contributed by atoms with Crippen molar-refractivity contribution in [3.05, 3.63) is 29.6 Å². The van der Waals surface area contributed by atoms with Gasteiger partial charge in [0.05, 0.1) is 12.7 Å². The van der Waals surface area contributed by atoms with Crippen molar-refractivity contribution in [2.24, 2.45) is 0 Å². The highest BCUT2D eigenvalue weighted by atomic mass is 19.1. The Bertz CT molecular complexity index is 399. The Balaban J connectivity index is 2.73. The van der Waals surface area contributed by atoms with Gasteiger partial charge in [0.15, 0.2) is 0 Å². The molecular weight excluding hydrogens is 247 g/mol. The number of aliphatic hydroxyl groups excluding tert-OH is 1. The summed E-state index contributed by atoms with van der Waals surface area (Å²) in [5, 5.41) is 12.8. The van der Waals surface area contributed by atoms with Gasteiger partial charge in [-0.3, -0.25) is 0 Å². The average Bonchev–Trinajstić information content (AvgIpc) is 2.36. The summed E-state index contributed by atoms with van der Waals surface area (Å²) in [4.78, 5) is 1.88. The van der Waals surface area contributed by atoms with E-state index in [1.165, 1.54) is 12.1 Å². The summed E-state index contributed by atoms with van der Waals surface area (Å²) in [5.41, 5.74) is 1.83. The number of aliphatic hydroxyl groups is 1. The van der Waals surface area contributed by atoms with E-state index in [0.29, 0.717) is 13.2 Å². The van der Waals surface area contributed by atoms with E-state index in [0.717, 1.165) is 11.3 Å². The van der Waals surface area contributed by atoms with E-state index < -0.39 is 6.10 Å². The predicted octanol–water partition coefficient (Wildman–Crippen LogP) is 1.55. The summed E-state index contributed by atoms with van der Waals surface area (Å²) < 4.78 is 18.2. The lowest BCUT2D eigenvalue weighted by molar-refractivity contribution is 0.0630. The average molecular weight is 270 g/mol. The number of methoxy groups -OCH3 is 1. The van der Waals surface area contributed by atoms with Crippen molar-refractivity contribution in [2.75, 3.05) is 39.3 Å². The van der Waals surface area contributed by atoms with Gasteiger partial charge in [-0.2, -0.15) is 0 Å². The van der Waals surface area contributed by atoms with Gasteiger partial charge in [0.2, 0.25) is 0 Å². The van der Waals surface area contributed by atoms with E-state index in [1.54, 1.807) is 13.2 Å². The Morgan fingerprint density at radius 3 is 2.68 bits per heavy atom. The zero-order valence-corrected chi connectivity index (χ0v) is 12.0. The molecule has 0 saturated carbocycles. The minimum absolute atomic E-state index is 0.0181. The maximum Gasteiger partial charge on any atom is 0.125 e. The van der Waals surface area contributed by atoms with E-state index in [9.17, 15) is 9.50 Å². The highest BCUT2D eigenvalue weighted by Gasteiger charge is 2.14. The van der Waals surface area contributed by atoms with Crippen LogP contribution in [0.4, 0.5) is 10.1 Å². The highest BCUT2D eigenvalue weighted by molar-refractivity contribution is 5.54. The summed E-state index contributed by atoms with van der Waals surface area (Å²) in [6, 6.07) is 4.75. The lowest BCUT2D eigenvalue weighted by Gasteiger charge is -2.23. The number of anilines is 1. The van der Waals surface area contributed by atoms with Gasteiger partial charge in [0.1, 0.15) is 5.82 Å². The quantitative estimate of drug-likeness (QED) is 0.789. The largest absolute Gasteiger partial charge is 0.389 e. The maximum atomic E-state index is 13.3. The number of benzene rings is 1. The molecule has 108 valence electrons. The highest BCUT2D eigenvalue weighted by Crippen LogP contribution is 2.25. The lowest BCUT2D eigenvalue weighted by Crippen LogP contribution is -2.32. The molecule has 0 aromatic heterocycles. The first-order valence-corrected chi connectivity index (χ1v) is 6.32. The van der Waals surface area contributed by atoms with Crippen molar-refractivity contribution in [2.45, 2.75) is 19.1 Å². The van der Waals surface area contributed by atoms with Crippen molar-refractivity contribution in [1.82, 2.24) is 5.32 Å². The molecule has 2 unspecified atom stereocenters. The summed E-state index contributed by atoms with van der Waals surface area (Å²) in [6.07, 6.45) is -0.546. The van der Waals surface area contributed by atoms with Gasteiger partial charge in [0, 0.05) is 39.5 Å². The van der Waals surface area contributed by atoms with Crippen molar-refractivity contribution in [3.8, 4) is 0 Å². The van der Waals surface area contributed by atoms with Crippen LogP contribution in [0, 0.1) is 5.82 Å². The monoisotopic (exact) mass is 270 g/mol. The van der Waals surface area contributed by atoms with E-state index in [-0.39, 0.29) is 11.9 Å². The second-order valence-electron chi connectivity index (χ2n) is 4.84. The number of nitrogens with one attached hydrogen (secondary N) is 1. The first-order chi connectivity index (χ1) is 8.95. The molecule has 1 rings (SSSR count). The van der Waals surface area contributed by atoms with Gasteiger partial charge in [0.25, 0.3) is 0 Å². The lowest BCUT2D eigenvalue weighted by atomic mass is 10.0. The third-order valence-corrected chi connectivity index (χ3v) is 2.96. The second kappa shape index (κ2) is 7.43. The molecule has 0 radical (unpaired) electrons.